The number of ether oxygens (including phenoxy) is 1. The summed E-state index contributed by atoms with van der Waals surface area (Å²) in [5, 5.41) is 10.0. The Morgan fingerprint density at radius 2 is 2.44 bits per heavy atom. The van der Waals surface area contributed by atoms with Crippen molar-refractivity contribution >= 4 is 23.8 Å². The highest BCUT2D eigenvalue weighted by Crippen LogP contribution is 2.46. The van der Waals surface area contributed by atoms with Crippen molar-refractivity contribution in [3.8, 4) is 0 Å². The average molecular weight is 274 g/mol. The summed E-state index contributed by atoms with van der Waals surface area (Å²) in [6, 6.07) is 0. The van der Waals surface area contributed by atoms with Gasteiger partial charge in [0.2, 0.25) is 5.91 Å². The molecule has 0 spiro atoms. The van der Waals surface area contributed by atoms with E-state index in [1.54, 1.807) is 18.7 Å². The van der Waals surface area contributed by atoms with Gasteiger partial charge in [-0.2, -0.15) is 0 Å². The molecular weight excluding hydrogens is 256 g/mol. The number of thioether (sulfide) groups is 1. The van der Waals surface area contributed by atoms with Gasteiger partial charge in [-0.05, 0) is 19.8 Å². The maximum atomic E-state index is 11.7. The lowest BCUT2D eigenvalue weighted by Crippen LogP contribution is -2.60. The highest BCUT2D eigenvalue weighted by Gasteiger charge is 2.54. The number of carbonyl (C=O) groups excluding carboxylic acids is 2. The number of hydrogen-bond donors (Lipinski definition) is 2. The summed E-state index contributed by atoms with van der Waals surface area (Å²) >= 11 is 1.73. The van der Waals surface area contributed by atoms with Crippen molar-refractivity contribution in [1.82, 2.24) is 4.90 Å². The molecule has 0 bridgehead atoms. The third-order valence-corrected chi connectivity index (χ3v) is 4.95. The van der Waals surface area contributed by atoms with Gasteiger partial charge in [-0.1, -0.05) is 0 Å². The van der Waals surface area contributed by atoms with E-state index in [1.165, 1.54) is 0 Å². The van der Waals surface area contributed by atoms with Crippen molar-refractivity contribution in [2.45, 2.75) is 36.5 Å². The number of rotatable bonds is 5. The second kappa shape index (κ2) is 5.36. The standard InChI is InChI=1S/C11H18N2O4S/c1-6(14)8-9(15)13-5-7(18-10(8)13)3-2-4-17-11(12)16/h6-8,10,14H,2-5H2,1H3,(H2,12,16)/t6-,7?,8+,10-/m1/s1. The van der Waals surface area contributed by atoms with Crippen molar-refractivity contribution < 1.29 is 19.4 Å². The van der Waals surface area contributed by atoms with Gasteiger partial charge in [-0.25, -0.2) is 4.79 Å². The second-order valence-corrected chi connectivity index (χ2v) is 6.14. The number of carbonyl (C=O) groups is 2. The Kier molecular flexibility index (Phi) is 4.01. The molecule has 2 aliphatic heterocycles. The summed E-state index contributed by atoms with van der Waals surface area (Å²) in [5.41, 5.74) is 4.86. The summed E-state index contributed by atoms with van der Waals surface area (Å²) in [5.74, 6) is -0.194. The first-order valence-electron chi connectivity index (χ1n) is 6.07. The van der Waals surface area contributed by atoms with Crippen molar-refractivity contribution in [2.75, 3.05) is 13.2 Å². The minimum atomic E-state index is -0.748. The number of amides is 2. The fraction of sp³-hybridized carbons (Fsp3) is 0.818. The maximum absolute atomic E-state index is 11.7. The largest absolute Gasteiger partial charge is 0.450 e. The van der Waals surface area contributed by atoms with Crippen LogP contribution < -0.4 is 5.73 Å². The first-order chi connectivity index (χ1) is 8.50. The number of nitrogens with two attached hydrogens (primary N) is 1. The van der Waals surface area contributed by atoms with Gasteiger partial charge in [0.1, 0.15) is 0 Å². The molecule has 2 fully saturated rings. The molecule has 2 rings (SSSR count). The smallest absolute Gasteiger partial charge is 0.404 e. The number of hydrogen-bond acceptors (Lipinski definition) is 5. The van der Waals surface area contributed by atoms with E-state index in [2.05, 4.69) is 4.74 Å². The van der Waals surface area contributed by atoms with Crippen LogP contribution in [0.15, 0.2) is 0 Å². The average Bonchev–Trinajstić information content (AvgIpc) is 2.63. The fourth-order valence-corrected chi connectivity index (χ4v) is 4.24. The Morgan fingerprint density at radius 3 is 3.06 bits per heavy atom. The van der Waals surface area contributed by atoms with E-state index >= 15 is 0 Å². The Hall–Kier alpha value is -0.950. The molecule has 7 heteroatoms. The van der Waals surface area contributed by atoms with Gasteiger partial charge < -0.3 is 20.5 Å². The zero-order chi connectivity index (χ0) is 13.3. The minimum Gasteiger partial charge on any atom is -0.450 e. The van der Waals surface area contributed by atoms with Gasteiger partial charge in [-0.15, -0.1) is 11.8 Å². The van der Waals surface area contributed by atoms with E-state index in [-0.39, 0.29) is 17.2 Å². The van der Waals surface area contributed by atoms with Gasteiger partial charge in [0.05, 0.1) is 24.0 Å². The minimum absolute atomic E-state index is 0.0541. The fourth-order valence-electron chi connectivity index (χ4n) is 2.45. The van der Waals surface area contributed by atoms with Crippen LogP contribution in [-0.2, 0) is 9.53 Å². The normalized spacial score (nSPS) is 31.8. The predicted octanol–water partition coefficient (Wildman–Crippen LogP) is 0.143. The number of aliphatic hydroxyl groups excluding tert-OH is 1. The molecule has 2 aliphatic rings. The molecule has 0 saturated carbocycles. The second-order valence-electron chi connectivity index (χ2n) is 4.72. The molecule has 0 aromatic heterocycles. The van der Waals surface area contributed by atoms with E-state index < -0.39 is 12.2 Å². The number of aliphatic hydroxyl groups is 1. The quantitative estimate of drug-likeness (QED) is 0.549. The van der Waals surface area contributed by atoms with E-state index in [0.29, 0.717) is 11.9 Å². The molecule has 2 saturated heterocycles. The van der Waals surface area contributed by atoms with Crippen LogP contribution >= 0.6 is 11.8 Å². The Bertz CT molecular complexity index is 350. The molecule has 6 nitrogen and oxygen atoms in total. The van der Waals surface area contributed by atoms with Crippen molar-refractivity contribution in [2.24, 2.45) is 11.7 Å². The van der Waals surface area contributed by atoms with Crippen molar-refractivity contribution in [3.63, 3.8) is 0 Å². The molecule has 18 heavy (non-hydrogen) atoms. The predicted molar refractivity (Wildman–Crippen MR) is 66.8 cm³/mol. The molecule has 1 unspecified atom stereocenters. The lowest BCUT2D eigenvalue weighted by atomic mass is 9.93. The van der Waals surface area contributed by atoms with Gasteiger partial charge in [-0.3, -0.25) is 4.79 Å². The van der Waals surface area contributed by atoms with Gasteiger partial charge in [0.25, 0.3) is 0 Å². The van der Waals surface area contributed by atoms with Crippen LogP contribution in [0.5, 0.6) is 0 Å². The molecule has 2 heterocycles. The molecule has 0 aliphatic carbocycles. The van der Waals surface area contributed by atoms with Crippen LogP contribution in [-0.4, -0.2) is 51.9 Å². The third kappa shape index (κ3) is 2.56. The van der Waals surface area contributed by atoms with Gasteiger partial charge in [0, 0.05) is 11.8 Å². The lowest BCUT2D eigenvalue weighted by Gasteiger charge is -2.43. The first kappa shape index (κ1) is 13.5. The molecule has 0 radical (unpaired) electrons. The number of nitrogens with zero attached hydrogens (tertiary/aromatic N) is 1. The van der Waals surface area contributed by atoms with E-state index in [0.717, 1.165) is 19.4 Å². The van der Waals surface area contributed by atoms with Crippen LogP contribution in [0.2, 0.25) is 0 Å². The van der Waals surface area contributed by atoms with Crippen LogP contribution in [0.1, 0.15) is 19.8 Å². The Morgan fingerprint density at radius 1 is 1.72 bits per heavy atom. The maximum Gasteiger partial charge on any atom is 0.404 e. The van der Waals surface area contributed by atoms with Crippen LogP contribution in [0.3, 0.4) is 0 Å². The topological polar surface area (TPSA) is 92.9 Å². The highest BCUT2D eigenvalue weighted by molar-refractivity contribution is 8.00. The monoisotopic (exact) mass is 274 g/mol. The molecule has 0 aromatic carbocycles. The van der Waals surface area contributed by atoms with Gasteiger partial charge in [0.15, 0.2) is 0 Å². The zero-order valence-corrected chi connectivity index (χ0v) is 11.1. The van der Waals surface area contributed by atoms with E-state index in [9.17, 15) is 14.7 Å². The van der Waals surface area contributed by atoms with Crippen LogP contribution in [0.4, 0.5) is 4.79 Å². The number of fused-ring (bicyclic) bond motifs is 1. The molecule has 0 aromatic rings. The summed E-state index contributed by atoms with van der Waals surface area (Å²) in [7, 11) is 0. The third-order valence-electron chi connectivity index (χ3n) is 3.35. The summed E-state index contributed by atoms with van der Waals surface area (Å²) in [6.07, 6.45) is 0.296. The SMILES string of the molecule is C[C@@H](O)[C@H]1C(=O)N2CC(CCCOC(N)=O)S[C@H]12. The molecule has 3 N–H and O–H groups in total. The molecule has 4 atom stereocenters. The molecular formula is C11H18N2O4S. The molecule has 2 amide bonds. The summed E-state index contributed by atoms with van der Waals surface area (Å²) in [6.45, 7) is 2.72. The van der Waals surface area contributed by atoms with Crippen molar-refractivity contribution in [3.05, 3.63) is 0 Å². The molecule has 102 valence electrons. The summed E-state index contributed by atoms with van der Waals surface area (Å²) in [4.78, 5) is 23.9. The number of β-lactam (4-membered cyclic amide) rings is 1. The summed E-state index contributed by atoms with van der Waals surface area (Å²) < 4.78 is 4.66. The van der Waals surface area contributed by atoms with Gasteiger partial charge >= 0.3 is 6.09 Å². The first-order valence-corrected chi connectivity index (χ1v) is 7.01. The van der Waals surface area contributed by atoms with E-state index in [1.807, 2.05) is 4.90 Å². The Balaban J connectivity index is 1.72. The van der Waals surface area contributed by atoms with Crippen LogP contribution in [0.25, 0.3) is 0 Å². The number of primary amides is 1. The highest BCUT2D eigenvalue weighted by atomic mass is 32.2. The van der Waals surface area contributed by atoms with Crippen molar-refractivity contribution in [1.29, 1.82) is 0 Å². The van der Waals surface area contributed by atoms with E-state index in [4.69, 9.17) is 5.73 Å². The zero-order valence-electron chi connectivity index (χ0n) is 10.2. The van der Waals surface area contributed by atoms with Crippen LogP contribution in [0, 0.1) is 5.92 Å². The Labute approximate surface area is 110 Å². The lowest BCUT2D eigenvalue weighted by molar-refractivity contribution is -0.155.